The molecule has 12 heavy (non-hydrogen) atoms. The topological polar surface area (TPSA) is 44.9 Å². The summed E-state index contributed by atoms with van der Waals surface area (Å²) >= 11 is 0. The van der Waals surface area contributed by atoms with Crippen molar-refractivity contribution in [1.82, 2.24) is 4.98 Å². The molecule has 1 radical (unpaired) electrons. The maximum atomic E-state index is 10.0. The van der Waals surface area contributed by atoms with E-state index in [0.717, 1.165) is 16.6 Å². The third-order valence-corrected chi connectivity index (χ3v) is 1.75. The number of amides is 1. The lowest BCUT2D eigenvalue weighted by Gasteiger charge is -1.96. The minimum atomic E-state index is 0.761. The lowest BCUT2D eigenvalue weighted by atomic mass is 10.2. The number of nitrogens with one attached hydrogen (secondary N) is 2. The molecule has 0 aliphatic heterocycles. The number of hydrogen-bond acceptors (Lipinski definition) is 1. The zero-order chi connectivity index (χ0) is 8.39. The van der Waals surface area contributed by atoms with Crippen LogP contribution in [0.2, 0.25) is 0 Å². The van der Waals surface area contributed by atoms with Gasteiger partial charge < -0.3 is 10.3 Å². The molecule has 0 aliphatic carbocycles. The molecule has 1 aromatic carbocycles. The molecule has 59 valence electrons. The van der Waals surface area contributed by atoms with Gasteiger partial charge in [-0.05, 0) is 24.3 Å². The normalized spacial score (nSPS) is 10.0. The van der Waals surface area contributed by atoms with E-state index in [-0.39, 0.29) is 0 Å². The second kappa shape index (κ2) is 2.70. The van der Waals surface area contributed by atoms with Crippen molar-refractivity contribution < 1.29 is 4.79 Å². The molecule has 0 atom stereocenters. The maximum Gasteiger partial charge on any atom is 0.314 e. The molecule has 0 unspecified atom stereocenters. The standard InChI is InChI=1S/C9H7N2O/c12-6-11-8-1-2-9-7(5-8)3-4-10-9/h1-5,10H,(H,11,12). The summed E-state index contributed by atoms with van der Waals surface area (Å²) in [5.74, 6) is 0. The van der Waals surface area contributed by atoms with Gasteiger partial charge in [0.05, 0.1) is 0 Å². The van der Waals surface area contributed by atoms with Crippen molar-refractivity contribution >= 4 is 23.0 Å². The summed E-state index contributed by atoms with van der Waals surface area (Å²) in [4.78, 5) is 13.1. The zero-order valence-electron chi connectivity index (χ0n) is 6.29. The summed E-state index contributed by atoms with van der Waals surface area (Å²) in [5.41, 5.74) is 1.82. The number of aromatic amines is 1. The van der Waals surface area contributed by atoms with Gasteiger partial charge in [-0.15, -0.1) is 0 Å². The van der Waals surface area contributed by atoms with Gasteiger partial charge in [-0.25, -0.2) is 0 Å². The van der Waals surface area contributed by atoms with Gasteiger partial charge in [0, 0.05) is 22.8 Å². The molecule has 0 saturated heterocycles. The first-order valence-corrected chi connectivity index (χ1v) is 3.60. The van der Waals surface area contributed by atoms with Crippen LogP contribution in [-0.4, -0.2) is 11.4 Å². The third kappa shape index (κ3) is 1.05. The number of H-pyrrole nitrogens is 1. The minimum Gasteiger partial charge on any atom is -0.361 e. The predicted molar refractivity (Wildman–Crippen MR) is 47.6 cm³/mol. The second-order valence-corrected chi connectivity index (χ2v) is 2.51. The molecule has 3 heteroatoms. The van der Waals surface area contributed by atoms with Crippen LogP contribution in [0.3, 0.4) is 0 Å². The molecular weight excluding hydrogens is 152 g/mol. The van der Waals surface area contributed by atoms with Gasteiger partial charge in [0.25, 0.3) is 0 Å². The Morgan fingerprint density at radius 1 is 1.33 bits per heavy atom. The smallest absolute Gasteiger partial charge is 0.314 e. The number of anilines is 1. The van der Waals surface area contributed by atoms with E-state index in [1.807, 2.05) is 30.5 Å². The lowest BCUT2D eigenvalue weighted by Crippen LogP contribution is -1.92. The molecule has 2 aromatic rings. The molecule has 0 saturated carbocycles. The molecule has 0 bridgehead atoms. The van der Waals surface area contributed by atoms with Crippen LogP contribution in [0.4, 0.5) is 5.69 Å². The highest BCUT2D eigenvalue weighted by Gasteiger charge is 1.94. The molecule has 0 aliphatic rings. The second-order valence-electron chi connectivity index (χ2n) is 2.51. The number of fused-ring (bicyclic) bond motifs is 1. The Morgan fingerprint density at radius 2 is 2.25 bits per heavy atom. The molecule has 1 heterocycles. The van der Waals surface area contributed by atoms with Gasteiger partial charge in [-0.2, -0.15) is 0 Å². The average Bonchev–Trinajstić information content (AvgIpc) is 2.51. The summed E-state index contributed by atoms with van der Waals surface area (Å²) < 4.78 is 0. The first-order valence-electron chi connectivity index (χ1n) is 3.60. The summed E-state index contributed by atoms with van der Waals surface area (Å²) in [6.07, 6.45) is 3.49. The van der Waals surface area contributed by atoms with Crippen molar-refractivity contribution in [3.05, 3.63) is 30.5 Å². The fraction of sp³-hybridized carbons (Fsp3) is 0. The van der Waals surface area contributed by atoms with Crippen molar-refractivity contribution in [3.8, 4) is 0 Å². The van der Waals surface area contributed by atoms with Crippen molar-refractivity contribution in [2.24, 2.45) is 0 Å². The van der Waals surface area contributed by atoms with Gasteiger partial charge in [0.2, 0.25) is 0 Å². The van der Waals surface area contributed by atoms with Gasteiger partial charge in [0.15, 0.2) is 0 Å². The number of hydrogen-bond donors (Lipinski definition) is 2. The van der Waals surface area contributed by atoms with E-state index in [9.17, 15) is 4.79 Å². The molecule has 0 spiro atoms. The van der Waals surface area contributed by atoms with E-state index < -0.39 is 0 Å². The van der Waals surface area contributed by atoms with E-state index in [0.29, 0.717) is 0 Å². The SMILES string of the molecule is O=[C]Nc1ccc2[nH]ccc2c1. The fourth-order valence-corrected chi connectivity index (χ4v) is 1.19. The van der Waals surface area contributed by atoms with Crippen LogP contribution < -0.4 is 5.32 Å². The van der Waals surface area contributed by atoms with Crippen molar-refractivity contribution in [2.75, 3.05) is 5.32 Å². The average molecular weight is 159 g/mol. The number of benzene rings is 1. The number of carbonyl (C=O) groups excluding carboxylic acids is 1. The van der Waals surface area contributed by atoms with E-state index >= 15 is 0 Å². The minimum absolute atomic E-state index is 0.761. The Bertz CT molecular complexity index is 406. The summed E-state index contributed by atoms with van der Waals surface area (Å²) in [6.45, 7) is 0. The molecule has 1 aromatic heterocycles. The fourth-order valence-electron chi connectivity index (χ4n) is 1.19. The zero-order valence-corrected chi connectivity index (χ0v) is 6.29. The van der Waals surface area contributed by atoms with E-state index in [2.05, 4.69) is 10.3 Å². The highest BCUT2D eigenvalue weighted by atomic mass is 16.1. The molecule has 0 fully saturated rings. The van der Waals surface area contributed by atoms with E-state index in [1.165, 1.54) is 0 Å². The van der Waals surface area contributed by atoms with Gasteiger partial charge in [0.1, 0.15) is 0 Å². The first kappa shape index (κ1) is 6.91. The highest BCUT2D eigenvalue weighted by molar-refractivity contribution is 5.85. The molecule has 2 N–H and O–H groups in total. The van der Waals surface area contributed by atoms with Crippen LogP contribution in [-0.2, 0) is 4.79 Å². The van der Waals surface area contributed by atoms with E-state index in [1.54, 1.807) is 6.41 Å². The van der Waals surface area contributed by atoms with Crippen LogP contribution in [0.15, 0.2) is 30.5 Å². The monoisotopic (exact) mass is 159 g/mol. The Hall–Kier alpha value is -1.77. The van der Waals surface area contributed by atoms with Crippen molar-refractivity contribution in [3.63, 3.8) is 0 Å². The largest absolute Gasteiger partial charge is 0.361 e. The maximum absolute atomic E-state index is 10.0. The van der Waals surface area contributed by atoms with Crippen LogP contribution in [0.25, 0.3) is 10.9 Å². The quantitative estimate of drug-likeness (QED) is 0.643. The number of rotatable bonds is 2. The predicted octanol–water partition coefficient (Wildman–Crippen LogP) is 1.65. The lowest BCUT2D eigenvalue weighted by molar-refractivity contribution is 0.561. The molecule has 3 nitrogen and oxygen atoms in total. The van der Waals surface area contributed by atoms with Gasteiger partial charge in [-0.3, -0.25) is 4.79 Å². The van der Waals surface area contributed by atoms with Crippen LogP contribution in [0, 0.1) is 0 Å². The Labute approximate surface area is 69.4 Å². The van der Waals surface area contributed by atoms with Crippen molar-refractivity contribution in [2.45, 2.75) is 0 Å². The molecule has 2 rings (SSSR count). The van der Waals surface area contributed by atoms with Crippen molar-refractivity contribution in [1.29, 1.82) is 0 Å². The van der Waals surface area contributed by atoms with Gasteiger partial charge >= 0.3 is 6.41 Å². The number of aromatic nitrogens is 1. The highest BCUT2D eigenvalue weighted by Crippen LogP contribution is 2.16. The van der Waals surface area contributed by atoms with Gasteiger partial charge in [-0.1, -0.05) is 0 Å². The summed E-state index contributed by atoms with van der Waals surface area (Å²) in [7, 11) is 0. The Balaban J connectivity index is 2.52. The summed E-state index contributed by atoms with van der Waals surface area (Å²) in [5, 5.41) is 3.55. The van der Waals surface area contributed by atoms with Crippen LogP contribution in [0.1, 0.15) is 0 Å². The Morgan fingerprint density at radius 3 is 3.08 bits per heavy atom. The summed E-state index contributed by atoms with van der Waals surface area (Å²) in [6, 6.07) is 7.57. The van der Waals surface area contributed by atoms with Crippen LogP contribution >= 0.6 is 0 Å². The Kier molecular flexibility index (Phi) is 1.55. The molecular formula is C9H7N2O. The molecule has 1 amide bonds. The third-order valence-electron chi connectivity index (χ3n) is 1.75. The van der Waals surface area contributed by atoms with Crippen LogP contribution in [0.5, 0.6) is 0 Å². The first-order chi connectivity index (χ1) is 5.90. The van der Waals surface area contributed by atoms with E-state index in [4.69, 9.17) is 0 Å².